The quantitative estimate of drug-likeness (QED) is 0.603. The fraction of sp³-hybridized carbons (Fsp3) is 0.400. The monoisotopic (exact) mass is 177 g/mol. The van der Waals surface area contributed by atoms with E-state index < -0.39 is 5.60 Å². The van der Waals surface area contributed by atoms with E-state index in [2.05, 4.69) is 4.98 Å². The van der Waals surface area contributed by atoms with E-state index >= 15 is 0 Å². The first kappa shape index (κ1) is 8.38. The van der Waals surface area contributed by atoms with Crippen LogP contribution in [0.15, 0.2) is 18.3 Å². The highest BCUT2D eigenvalue weighted by molar-refractivity contribution is 5.99. The topological polar surface area (TPSA) is 39.2 Å². The Morgan fingerprint density at radius 1 is 1.54 bits per heavy atom. The summed E-state index contributed by atoms with van der Waals surface area (Å²) in [4.78, 5) is 15.6. The average molecular weight is 177 g/mol. The number of aromatic nitrogens is 1. The summed E-state index contributed by atoms with van der Waals surface area (Å²) < 4.78 is 5.39. The molecule has 0 amide bonds. The molecular weight excluding hydrogens is 166 g/mol. The lowest BCUT2D eigenvalue weighted by atomic mass is 9.94. The molecular formula is C10H11NO2. The Labute approximate surface area is 76.7 Å². The number of carbonyl (C=O) groups excluding carboxylic acids is 1. The zero-order valence-electron chi connectivity index (χ0n) is 7.70. The van der Waals surface area contributed by atoms with Crippen LogP contribution in [0.2, 0.25) is 0 Å². The van der Waals surface area contributed by atoms with Gasteiger partial charge >= 0.3 is 0 Å². The highest BCUT2D eigenvalue weighted by Crippen LogP contribution is 2.29. The van der Waals surface area contributed by atoms with Crippen molar-refractivity contribution in [1.82, 2.24) is 4.98 Å². The highest BCUT2D eigenvalue weighted by atomic mass is 16.5. The van der Waals surface area contributed by atoms with Crippen molar-refractivity contribution in [3.05, 3.63) is 29.6 Å². The molecule has 13 heavy (non-hydrogen) atoms. The van der Waals surface area contributed by atoms with Crippen LogP contribution in [0.25, 0.3) is 0 Å². The van der Waals surface area contributed by atoms with Gasteiger partial charge in [-0.1, -0.05) is 0 Å². The van der Waals surface area contributed by atoms with Crippen LogP contribution in [0.1, 0.15) is 29.9 Å². The van der Waals surface area contributed by atoms with E-state index in [4.69, 9.17) is 4.74 Å². The average Bonchev–Trinajstić information content (AvgIpc) is 2.13. The fourth-order valence-electron chi connectivity index (χ4n) is 1.50. The minimum absolute atomic E-state index is 0.0161. The number of hydrogen-bond donors (Lipinski definition) is 0. The number of rotatable bonds is 0. The lowest BCUT2D eigenvalue weighted by Gasteiger charge is -2.30. The third kappa shape index (κ3) is 1.25. The molecule has 0 spiro atoms. The summed E-state index contributed by atoms with van der Waals surface area (Å²) in [6.45, 7) is 4.00. The lowest BCUT2D eigenvalue weighted by molar-refractivity contribution is -0.0251. The number of fused-ring (bicyclic) bond motifs is 1. The molecule has 0 saturated heterocycles. The standard InChI is InChI=1S/C10H11NO2/c1-10(2)9-7(4-3-5-11-9)8(12)6-13-10/h3-5H,6H2,1-2H3. The van der Waals surface area contributed by atoms with E-state index in [0.29, 0.717) is 5.56 Å². The van der Waals surface area contributed by atoms with Gasteiger partial charge in [0.25, 0.3) is 0 Å². The molecule has 3 nitrogen and oxygen atoms in total. The third-order valence-electron chi connectivity index (χ3n) is 2.24. The van der Waals surface area contributed by atoms with Crippen LogP contribution in [0, 0.1) is 0 Å². The predicted octanol–water partition coefficient (Wildman–Crippen LogP) is 1.53. The van der Waals surface area contributed by atoms with Crippen molar-refractivity contribution < 1.29 is 9.53 Å². The third-order valence-corrected chi connectivity index (χ3v) is 2.24. The van der Waals surface area contributed by atoms with Gasteiger partial charge in [0.15, 0.2) is 5.78 Å². The van der Waals surface area contributed by atoms with E-state index in [0.717, 1.165) is 5.69 Å². The van der Waals surface area contributed by atoms with Gasteiger partial charge in [-0.05, 0) is 26.0 Å². The molecule has 0 saturated carbocycles. The Balaban J connectivity index is 2.61. The van der Waals surface area contributed by atoms with Crippen molar-refractivity contribution in [2.45, 2.75) is 19.4 Å². The Morgan fingerprint density at radius 3 is 3.00 bits per heavy atom. The van der Waals surface area contributed by atoms with Crippen molar-refractivity contribution in [1.29, 1.82) is 0 Å². The molecule has 1 aliphatic heterocycles. The van der Waals surface area contributed by atoms with Crippen LogP contribution in [-0.4, -0.2) is 17.4 Å². The molecule has 0 unspecified atom stereocenters. The van der Waals surface area contributed by atoms with Gasteiger partial charge in [-0.3, -0.25) is 9.78 Å². The van der Waals surface area contributed by atoms with Crippen LogP contribution in [-0.2, 0) is 10.3 Å². The normalized spacial score (nSPS) is 19.7. The van der Waals surface area contributed by atoms with Crippen LogP contribution in [0.4, 0.5) is 0 Å². The van der Waals surface area contributed by atoms with Gasteiger partial charge in [-0.2, -0.15) is 0 Å². The first-order valence-electron chi connectivity index (χ1n) is 4.24. The Hall–Kier alpha value is -1.22. The Bertz CT molecular complexity index is 358. The van der Waals surface area contributed by atoms with E-state index in [1.165, 1.54) is 0 Å². The first-order chi connectivity index (χ1) is 6.11. The number of ether oxygens (including phenoxy) is 1. The summed E-state index contributed by atoms with van der Waals surface area (Å²) in [6.07, 6.45) is 1.68. The molecule has 0 radical (unpaired) electrons. The van der Waals surface area contributed by atoms with Gasteiger partial charge < -0.3 is 4.74 Å². The van der Waals surface area contributed by atoms with E-state index in [9.17, 15) is 4.79 Å². The zero-order valence-corrected chi connectivity index (χ0v) is 7.70. The Morgan fingerprint density at radius 2 is 2.31 bits per heavy atom. The highest BCUT2D eigenvalue weighted by Gasteiger charge is 2.33. The van der Waals surface area contributed by atoms with Gasteiger partial charge in [-0.25, -0.2) is 0 Å². The maximum absolute atomic E-state index is 11.4. The zero-order chi connectivity index (χ0) is 9.47. The lowest BCUT2D eigenvalue weighted by Crippen LogP contribution is -2.34. The molecule has 2 rings (SSSR count). The largest absolute Gasteiger partial charge is 0.361 e. The summed E-state index contributed by atoms with van der Waals surface area (Å²) in [5, 5.41) is 0. The smallest absolute Gasteiger partial charge is 0.190 e. The minimum atomic E-state index is -0.440. The summed E-state index contributed by atoms with van der Waals surface area (Å²) in [6, 6.07) is 3.58. The maximum Gasteiger partial charge on any atom is 0.190 e. The maximum atomic E-state index is 11.4. The van der Waals surface area contributed by atoms with Gasteiger partial charge in [0.1, 0.15) is 12.2 Å². The number of ketones is 1. The molecule has 2 heterocycles. The van der Waals surface area contributed by atoms with Crippen LogP contribution in [0.5, 0.6) is 0 Å². The number of Topliss-reactive ketones (excluding diaryl/α,β-unsaturated/α-hetero) is 1. The molecule has 0 fully saturated rings. The summed E-state index contributed by atoms with van der Waals surface area (Å²) in [5.41, 5.74) is 0.995. The molecule has 0 N–H and O–H groups in total. The molecule has 0 aliphatic carbocycles. The van der Waals surface area contributed by atoms with E-state index in [1.807, 2.05) is 13.8 Å². The minimum Gasteiger partial charge on any atom is -0.361 e. The van der Waals surface area contributed by atoms with Crippen molar-refractivity contribution in [3.63, 3.8) is 0 Å². The van der Waals surface area contributed by atoms with Crippen molar-refractivity contribution in [2.24, 2.45) is 0 Å². The van der Waals surface area contributed by atoms with Crippen molar-refractivity contribution in [2.75, 3.05) is 6.61 Å². The molecule has 0 aromatic carbocycles. The Kier molecular flexibility index (Phi) is 1.70. The van der Waals surface area contributed by atoms with Crippen LogP contribution in [0.3, 0.4) is 0 Å². The molecule has 0 atom stereocenters. The van der Waals surface area contributed by atoms with E-state index in [-0.39, 0.29) is 12.4 Å². The fourth-order valence-corrected chi connectivity index (χ4v) is 1.50. The van der Waals surface area contributed by atoms with Crippen molar-refractivity contribution >= 4 is 5.78 Å². The first-order valence-corrected chi connectivity index (χ1v) is 4.24. The molecule has 0 bridgehead atoms. The summed E-state index contributed by atoms with van der Waals surface area (Å²) >= 11 is 0. The number of pyridine rings is 1. The number of nitrogens with zero attached hydrogens (tertiary/aromatic N) is 1. The van der Waals surface area contributed by atoms with Crippen LogP contribution >= 0.6 is 0 Å². The SMILES string of the molecule is CC1(C)OCC(=O)c2cccnc21. The van der Waals surface area contributed by atoms with Gasteiger partial charge in [-0.15, -0.1) is 0 Å². The molecule has 1 aromatic heterocycles. The number of hydrogen-bond acceptors (Lipinski definition) is 3. The van der Waals surface area contributed by atoms with Gasteiger partial charge in [0.05, 0.1) is 5.69 Å². The second-order valence-electron chi connectivity index (χ2n) is 3.62. The predicted molar refractivity (Wildman–Crippen MR) is 47.5 cm³/mol. The molecule has 1 aliphatic rings. The second kappa shape index (κ2) is 2.64. The number of carbonyl (C=O) groups is 1. The van der Waals surface area contributed by atoms with E-state index in [1.54, 1.807) is 18.3 Å². The molecule has 3 heteroatoms. The van der Waals surface area contributed by atoms with Gasteiger partial charge in [0.2, 0.25) is 0 Å². The van der Waals surface area contributed by atoms with Crippen molar-refractivity contribution in [3.8, 4) is 0 Å². The molecule has 1 aromatic rings. The van der Waals surface area contributed by atoms with Gasteiger partial charge in [0, 0.05) is 11.8 Å². The van der Waals surface area contributed by atoms with Crippen LogP contribution < -0.4 is 0 Å². The second-order valence-corrected chi connectivity index (χ2v) is 3.62. The summed E-state index contributed by atoms with van der Waals surface area (Å²) in [5.74, 6) is 0.0161. The molecule has 68 valence electrons. The summed E-state index contributed by atoms with van der Waals surface area (Å²) in [7, 11) is 0.